The number of hydrogen-bond donors (Lipinski definition) is 3. The fourth-order valence-electron chi connectivity index (χ4n) is 4.05. The van der Waals surface area contributed by atoms with Crippen molar-refractivity contribution in [2.24, 2.45) is 0 Å². The van der Waals surface area contributed by atoms with Crippen molar-refractivity contribution in [1.29, 1.82) is 0 Å². The topological polar surface area (TPSA) is 79.8 Å². The molecule has 0 fully saturated rings. The lowest BCUT2D eigenvalue weighted by molar-refractivity contribution is -0.138. The molecule has 3 N–H and O–H groups in total. The first kappa shape index (κ1) is 24.0. The maximum Gasteiger partial charge on any atom is 0.275 e. The molecule has 4 aromatic carbocycles. The van der Waals surface area contributed by atoms with Gasteiger partial charge in [0.25, 0.3) is 5.91 Å². The van der Waals surface area contributed by atoms with Crippen LogP contribution in [0.1, 0.15) is 28.3 Å². The van der Waals surface area contributed by atoms with Gasteiger partial charge in [0.1, 0.15) is 0 Å². The molecule has 6 heteroatoms. The van der Waals surface area contributed by atoms with E-state index in [1.807, 2.05) is 60.7 Å². The molecule has 1 amide bonds. The molecule has 0 heterocycles. The minimum atomic E-state index is -1.89. The van der Waals surface area contributed by atoms with E-state index in [4.69, 9.17) is 9.47 Å². The van der Waals surface area contributed by atoms with Gasteiger partial charge < -0.3 is 14.6 Å². The van der Waals surface area contributed by atoms with Gasteiger partial charge in [0.2, 0.25) is 0 Å². The van der Waals surface area contributed by atoms with Gasteiger partial charge in [0.15, 0.2) is 17.1 Å². The number of nitrogens with one attached hydrogen (secondary N) is 2. The van der Waals surface area contributed by atoms with E-state index in [-0.39, 0.29) is 0 Å². The van der Waals surface area contributed by atoms with Gasteiger partial charge in [-0.05, 0) is 34.4 Å². The van der Waals surface area contributed by atoms with E-state index in [0.717, 1.165) is 11.1 Å². The molecule has 1 atom stereocenters. The summed E-state index contributed by atoms with van der Waals surface area (Å²) in [5.41, 5.74) is 6.70. The molecule has 0 aliphatic carbocycles. The summed E-state index contributed by atoms with van der Waals surface area (Å²) in [6.07, 6.45) is 0. The van der Waals surface area contributed by atoms with Crippen LogP contribution < -0.4 is 20.3 Å². The first-order valence-corrected chi connectivity index (χ1v) is 11.2. The summed E-state index contributed by atoms with van der Waals surface area (Å²) >= 11 is 0. The molecule has 4 aromatic rings. The van der Waals surface area contributed by atoms with E-state index >= 15 is 0 Å². The number of hydrazine groups is 1. The number of carbonyl (C=O) groups excluding carboxylic acids is 1. The van der Waals surface area contributed by atoms with E-state index in [1.54, 1.807) is 62.8 Å². The monoisotopic (exact) mass is 468 g/mol. The Balaban J connectivity index is 1.68. The Labute approximate surface area is 205 Å². The lowest BCUT2D eigenvalue weighted by atomic mass is 9.85. The third kappa shape index (κ3) is 5.04. The second kappa shape index (κ2) is 10.9. The Bertz CT molecular complexity index is 1210. The molecule has 6 nitrogen and oxygen atoms in total. The second-order valence-corrected chi connectivity index (χ2v) is 8.00. The zero-order chi connectivity index (χ0) is 24.7. The number of aliphatic hydroxyl groups is 1. The van der Waals surface area contributed by atoms with Crippen molar-refractivity contribution in [2.45, 2.75) is 11.6 Å². The third-order valence-electron chi connectivity index (χ3n) is 5.92. The normalized spacial score (nSPS) is 12.0. The first-order chi connectivity index (χ1) is 17.1. The van der Waals surface area contributed by atoms with Gasteiger partial charge in [-0.2, -0.15) is 0 Å². The van der Waals surface area contributed by atoms with Crippen molar-refractivity contribution in [3.63, 3.8) is 0 Å². The van der Waals surface area contributed by atoms with Crippen LogP contribution in [0.2, 0.25) is 0 Å². The van der Waals surface area contributed by atoms with E-state index in [0.29, 0.717) is 22.6 Å². The van der Waals surface area contributed by atoms with E-state index in [9.17, 15) is 9.90 Å². The number of rotatable bonds is 9. The standard InChI is InChI=1S/C29H28N2O4/c1-34-25-19-18-22(20-26(25)35-2)27(21-12-6-3-7-13-21)30-31-28(32)29(33,23-14-8-4-9-15-23)24-16-10-5-11-17-24/h3-20,27,30,33H,1-2H3,(H,31,32)/t27-/m0/s1. The van der Waals surface area contributed by atoms with Crippen LogP contribution in [0.3, 0.4) is 0 Å². The lowest BCUT2D eigenvalue weighted by Gasteiger charge is -2.30. The molecule has 178 valence electrons. The summed E-state index contributed by atoms with van der Waals surface area (Å²) in [6, 6.07) is 32.6. The maximum absolute atomic E-state index is 13.6. The summed E-state index contributed by atoms with van der Waals surface area (Å²) in [5, 5.41) is 11.7. The maximum atomic E-state index is 13.6. The molecule has 0 radical (unpaired) electrons. The highest BCUT2D eigenvalue weighted by atomic mass is 16.5. The average Bonchev–Trinajstić information content (AvgIpc) is 2.94. The average molecular weight is 469 g/mol. The zero-order valence-corrected chi connectivity index (χ0v) is 19.6. The van der Waals surface area contributed by atoms with Gasteiger partial charge in [-0.3, -0.25) is 10.2 Å². The van der Waals surface area contributed by atoms with Crippen LogP contribution in [0, 0.1) is 0 Å². The smallest absolute Gasteiger partial charge is 0.275 e. The number of benzene rings is 4. The fourth-order valence-corrected chi connectivity index (χ4v) is 4.05. The molecule has 0 saturated carbocycles. The molecule has 0 bridgehead atoms. The van der Waals surface area contributed by atoms with Crippen LogP contribution in [0.5, 0.6) is 11.5 Å². The second-order valence-electron chi connectivity index (χ2n) is 8.00. The molecular weight excluding hydrogens is 440 g/mol. The Morgan fingerprint density at radius 2 is 1.23 bits per heavy atom. The molecule has 0 aliphatic rings. The molecule has 4 rings (SSSR count). The molecular formula is C29H28N2O4. The van der Waals surface area contributed by atoms with Crippen LogP contribution in [0.15, 0.2) is 109 Å². The van der Waals surface area contributed by atoms with Gasteiger partial charge in [-0.15, -0.1) is 0 Å². The molecule has 0 aliphatic heterocycles. The summed E-state index contributed by atoms with van der Waals surface area (Å²) in [5.74, 6) is 0.579. The Hall–Kier alpha value is -4.13. The van der Waals surface area contributed by atoms with Crippen LogP contribution in [0.25, 0.3) is 0 Å². The number of ether oxygens (including phenoxy) is 2. The number of carbonyl (C=O) groups is 1. The SMILES string of the molecule is COc1ccc([C@@H](NNC(=O)C(O)(c2ccccc2)c2ccccc2)c2ccccc2)cc1OC. The first-order valence-electron chi connectivity index (χ1n) is 11.2. The summed E-state index contributed by atoms with van der Waals surface area (Å²) < 4.78 is 10.8. The predicted octanol–water partition coefficient (Wildman–Crippen LogP) is 4.35. The highest BCUT2D eigenvalue weighted by Crippen LogP contribution is 2.33. The molecule has 0 spiro atoms. The van der Waals surface area contributed by atoms with Crippen LogP contribution in [-0.4, -0.2) is 25.2 Å². The molecule has 35 heavy (non-hydrogen) atoms. The van der Waals surface area contributed by atoms with E-state index in [2.05, 4.69) is 10.9 Å². The summed E-state index contributed by atoms with van der Waals surface area (Å²) in [4.78, 5) is 13.6. The predicted molar refractivity (Wildman–Crippen MR) is 135 cm³/mol. The Kier molecular flexibility index (Phi) is 7.45. The van der Waals surface area contributed by atoms with Gasteiger partial charge in [-0.25, -0.2) is 5.43 Å². The molecule has 0 saturated heterocycles. The van der Waals surface area contributed by atoms with Crippen molar-refractivity contribution < 1.29 is 19.4 Å². The largest absolute Gasteiger partial charge is 0.493 e. The fraction of sp³-hybridized carbons (Fsp3) is 0.138. The quantitative estimate of drug-likeness (QED) is 0.318. The van der Waals surface area contributed by atoms with Crippen molar-refractivity contribution in [1.82, 2.24) is 10.9 Å². The number of hydrogen-bond acceptors (Lipinski definition) is 5. The van der Waals surface area contributed by atoms with E-state index < -0.39 is 17.6 Å². The van der Waals surface area contributed by atoms with Crippen LogP contribution >= 0.6 is 0 Å². The Morgan fingerprint density at radius 1 is 0.714 bits per heavy atom. The third-order valence-corrected chi connectivity index (χ3v) is 5.92. The minimum Gasteiger partial charge on any atom is -0.493 e. The molecule has 0 aromatic heterocycles. The summed E-state index contributed by atoms with van der Waals surface area (Å²) in [6.45, 7) is 0. The van der Waals surface area contributed by atoms with Crippen LogP contribution in [0.4, 0.5) is 0 Å². The number of amides is 1. The highest BCUT2D eigenvalue weighted by molar-refractivity contribution is 5.89. The van der Waals surface area contributed by atoms with Crippen molar-refractivity contribution in [2.75, 3.05) is 14.2 Å². The van der Waals surface area contributed by atoms with Gasteiger partial charge in [0.05, 0.1) is 20.3 Å². The summed E-state index contributed by atoms with van der Waals surface area (Å²) in [7, 11) is 3.16. The van der Waals surface area contributed by atoms with Crippen LogP contribution in [-0.2, 0) is 10.4 Å². The Morgan fingerprint density at radius 3 is 1.74 bits per heavy atom. The van der Waals surface area contributed by atoms with Gasteiger partial charge >= 0.3 is 0 Å². The van der Waals surface area contributed by atoms with Crippen molar-refractivity contribution >= 4 is 5.91 Å². The van der Waals surface area contributed by atoms with Crippen molar-refractivity contribution in [3.05, 3.63) is 131 Å². The van der Waals surface area contributed by atoms with Gasteiger partial charge in [0, 0.05) is 0 Å². The number of methoxy groups -OCH3 is 2. The van der Waals surface area contributed by atoms with E-state index in [1.165, 1.54) is 0 Å². The van der Waals surface area contributed by atoms with Crippen molar-refractivity contribution in [3.8, 4) is 11.5 Å². The molecule has 0 unspecified atom stereocenters. The zero-order valence-electron chi connectivity index (χ0n) is 19.6. The lowest BCUT2D eigenvalue weighted by Crippen LogP contribution is -2.51. The highest BCUT2D eigenvalue weighted by Gasteiger charge is 2.40. The minimum absolute atomic E-state index is 0.421. The van der Waals surface area contributed by atoms with Gasteiger partial charge in [-0.1, -0.05) is 97.1 Å².